The molecule has 2 aliphatic rings. The van der Waals surface area contributed by atoms with Crippen molar-refractivity contribution in [1.29, 1.82) is 0 Å². The fourth-order valence-corrected chi connectivity index (χ4v) is 4.61. The zero-order chi connectivity index (χ0) is 29.6. The van der Waals surface area contributed by atoms with E-state index in [0.717, 1.165) is 22.5 Å². The van der Waals surface area contributed by atoms with Crippen molar-refractivity contribution in [3.63, 3.8) is 0 Å². The van der Waals surface area contributed by atoms with E-state index in [4.69, 9.17) is 10.2 Å². The molecule has 9 heteroatoms. The van der Waals surface area contributed by atoms with Crippen LogP contribution >= 0.6 is 0 Å². The van der Waals surface area contributed by atoms with E-state index in [9.17, 15) is 9.59 Å². The van der Waals surface area contributed by atoms with E-state index in [-0.39, 0.29) is 40.1 Å². The first-order valence-electron chi connectivity index (χ1n) is 13.3. The molecule has 43 heavy (non-hydrogen) atoms. The predicted octanol–water partition coefficient (Wildman–Crippen LogP) is 5.04. The molecule has 0 saturated carbocycles. The van der Waals surface area contributed by atoms with Crippen molar-refractivity contribution in [2.75, 3.05) is 10.0 Å². The van der Waals surface area contributed by atoms with E-state index in [1.807, 2.05) is 121 Å². The minimum atomic E-state index is -0.00690. The van der Waals surface area contributed by atoms with E-state index in [2.05, 4.69) is 10.2 Å². The Balaban J connectivity index is 0.000000192. The number of hydrazone groups is 2. The van der Waals surface area contributed by atoms with Crippen molar-refractivity contribution in [2.45, 2.75) is 13.8 Å². The van der Waals surface area contributed by atoms with E-state index in [0.29, 0.717) is 22.6 Å². The van der Waals surface area contributed by atoms with Gasteiger partial charge in [-0.05, 0) is 62.4 Å². The fourth-order valence-electron chi connectivity index (χ4n) is 4.61. The van der Waals surface area contributed by atoms with Crippen LogP contribution in [-0.2, 0) is 16.8 Å². The summed E-state index contributed by atoms with van der Waals surface area (Å²) in [6, 6.07) is 37.5. The van der Waals surface area contributed by atoms with Gasteiger partial charge < -0.3 is 10.2 Å². The number of nitrogens with zero attached hydrogens (tertiary/aromatic N) is 4. The Morgan fingerprint density at radius 2 is 0.791 bits per heavy atom. The molecule has 0 fully saturated rings. The monoisotopic (exact) mass is 619 g/mol. The molecule has 0 aromatic heterocycles. The van der Waals surface area contributed by atoms with Gasteiger partial charge in [0.05, 0.1) is 33.9 Å². The van der Waals surface area contributed by atoms with Gasteiger partial charge in [0, 0.05) is 0 Å². The Morgan fingerprint density at radius 3 is 1.09 bits per heavy atom. The topological polar surface area (TPSA) is 120 Å². The summed E-state index contributed by atoms with van der Waals surface area (Å²) in [6.07, 6.45) is 0. The molecule has 0 spiro atoms. The van der Waals surface area contributed by atoms with Gasteiger partial charge in [0.2, 0.25) is 11.1 Å². The van der Waals surface area contributed by atoms with Gasteiger partial charge in [-0.25, -0.2) is 0 Å². The van der Waals surface area contributed by atoms with Crippen LogP contribution in [0, 0.1) is 0 Å². The minimum Gasteiger partial charge on any atom is -0.592 e. The summed E-state index contributed by atoms with van der Waals surface area (Å²) in [4.78, 5) is 20.9. The van der Waals surface area contributed by atoms with Crippen molar-refractivity contribution in [1.82, 2.24) is 0 Å². The summed E-state index contributed by atoms with van der Waals surface area (Å²) in [6.45, 7) is 3.60. The van der Waals surface area contributed by atoms with Gasteiger partial charge in [-0.1, -0.05) is 72.8 Å². The summed E-state index contributed by atoms with van der Waals surface area (Å²) >= 11 is 0. The average molecular weight is 620 g/mol. The third-order valence-electron chi connectivity index (χ3n) is 6.70. The summed E-state index contributed by atoms with van der Waals surface area (Å²) in [5.74, 6) is 0.528. The normalized spacial score (nSPS) is 16.5. The molecule has 215 valence electrons. The summed E-state index contributed by atoms with van der Waals surface area (Å²) in [5.41, 5.74) is 5.23. The second-order valence-electron chi connectivity index (χ2n) is 9.54. The molecule has 6 N–H and O–H groups in total. The molecule has 2 aliphatic heterocycles. The van der Waals surface area contributed by atoms with E-state index in [1.54, 1.807) is 13.8 Å². The quantitative estimate of drug-likeness (QED) is 0.173. The Labute approximate surface area is 259 Å². The van der Waals surface area contributed by atoms with Gasteiger partial charge in [0.1, 0.15) is 0 Å². The molecule has 0 bridgehead atoms. The van der Waals surface area contributed by atoms with Gasteiger partial charge >= 0.3 is 28.6 Å². The van der Waals surface area contributed by atoms with Crippen molar-refractivity contribution in [2.24, 2.45) is 10.2 Å². The SMILES string of the molecule is CC1=NN(c2ccccc2)C(=[OH+])C1=C([OH2+])c1ccccc1.CC1=NN(c2ccccc2)C(=[OH+])C1=C([OH2+])c1ccccc1.[Co+2]. The van der Waals surface area contributed by atoms with Gasteiger partial charge in [-0.3, -0.25) is 9.59 Å². The third-order valence-corrected chi connectivity index (χ3v) is 6.70. The first-order valence-corrected chi connectivity index (χ1v) is 13.3. The number of anilines is 2. The molecule has 0 aliphatic carbocycles. The standard InChI is InChI=1S/2C17H14N2O2.Co/c2*1-12-15(16(20)13-8-4-2-5-9-13)17(21)19(18-12)14-10-6-3-7-11-14;/h2*2-11,20H,1H3;/q;;+2/p+4. The molecule has 0 saturated heterocycles. The number of hydrogen-bond donors (Lipinski definition) is 0. The Morgan fingerprint density at radius 1 is 0.512 bits per heavy atom. The number of para-hydroxylation sites is 2. The molecule has 2 amide bonds. The zero-order valence-corrected chi connectivity index (χ0v) is 24.6. The van der Waals surface area contributed by atoms with Crippen LogP contribution in [0.3, 0.4) is 0 Å². The largest absolute Gasteiger partial charge is 2.00 e. The van der Waals surface area contributed by atoms with Crippen LogP contribution < -0.4 is 10.0 Å². The second-order valence-corrected chi connectivity index (χ2v) is 9.54. The van der Waals surface area contributed by atoms with E-state index >= 15 is 0 Å². The molecule has 2 heterocycles. The van der Waals surface area contributed by atoms with Crippen LogP contribution in [0.5, 0.6) is 0 Å². The maximum Gasteiger partial charge on any atom is 2.00 e. The van der Waals surface area contributed by atoms with Gasteiger partial charge in [0.25, 0.3) is 11.5 Å². The number of rotatable bonds is 4. The van der Waals surface area contributed by atoms with Crippen molar-refractivity contribution < 1.29 is 36.6 Å². The number of amides is 2. The van der Waals surface area contributed by atoms with Crippen LogP contribution in [0.25, 0.3) is 11.5 Å². The zero-order valence-electron chi connectivity index (χ0n) is 23.6. The van der Waals surface area contributed by atoms with Crippen LogP contribution in [0.15, 0.2) is 143 Å². The molecule has 4 aromatic rings. The van der Waals surface area contributed by atoms with Gasteiger partial charge in [0.15, 0.2) is 0 Å². The van der Waals surface area contributed by atoms with Crippen molar-refractivity contribution >= 4 is 46.1 Å². The molecule has 4 aromatic carbocycles. The molecule has 1 radical (unpaired) electrons. The van der Waals surface area contributed by atoms with Crippen molar-refractivity contribution in [3.05, 3.63) is 144 Å². The van der Waals surface area contributed by atoms with Gasteiger partial charge in [-0.15, -0.1) is 10.0 Å². The number of carbonyl (C=O) groups excluding carboxylic acids is 2. The molecule has 8 nitrogen and oxygen atoms in total. The molecule has 0 atom stereocenters. The van der Waals surface area contributed by atoms with Crippen LogP contribution in [0.1, 0.15) is 25.0 Å². The maximum absolute atomic E-state index is 10.5. The molecule has 6 rings (SSSR count). The fraction of sp³-hybridized carbons (Fsp3) is 0.0588. The van der Waals surface area contributed by atoms with Crippen molar-refractivity contribution in [3.8, 4) is 0 Å². The first kappa shape index (κ1) is 30.7. The number of benzene rings is 4. The molecular weight excluding hydrogens is 587 g/mol. The summed E-state index contributed by atoms with van der Waals surface area (Å²) in [5, 5.41) is 28.3. The molecule has 0 unspecified atom stereocenters. The minimum absolute atomic E-state index is 0. The second kappa shape index (κ2) is 13.6. The van der Waals surface area contributed by atoms with E-state index in [1.165, 1.54) is 10.0 Å². The smallest absolute Gasteiger partial charge is 0.592 e. The third kappa shape index (κ3) is 6.48. The number of hydrogen-bond acceptors (Lipinski definition) is 2. The Kier molecular flexibility index (Phi) is 9.71. The van der Waals surface area contributed by atoms with Crippen LogP contribution in [0.4, 0.5) is 11.4 Å². The first-order chi connectivity index (χ1) is 20.4. The van der Waals surface area contributed by atoms with E-state index < -0.39 is 0 Å². The predicted molar refractivity (Wildman–Crippen MR) is 172 cm³/mol. The maximum atomic E-state index is 10.5. The average Bonchev–Trinajstić information content (AvgIpc) is 3.51. The Hall–Kier alpha value is -5.25. The summed E-state index contributed by atoms with van der Waals surface area (Å²) < 4.78 is 0. The summed E-state index contributed by atoms with van der Waals surface area (Å²) in [7, 11) is 0. The van der Waals surface area contributed by atoms with Crippen LogP contribution in [0.2, 0.25) is 0 Å². The van der Waals surface area contributed by atoms with Crippen LogP contribution in [-0.4, -0.2) is 43.0 Å². The molecular formula is C34H32CoN4O4+6. The van der Waals surface area contributed by atoms with Gasteiger partial charge in [-0.2, -0.15) is 10.2 Å². The Bertz CT molecular complexity index is 1610.